The number of benzene rings is 1. The number of halogens is 2. The minimum absolute atomic E-state index is 0.232. The molecular weight excluding hydrogens is 297 g/mol. The molecule has 1 amide bonds. The van der Waals surface area contributed by atoms with Crippen molar-refractivity contribution in [2.45, 2.75) is 31.5 Å². The summed E-state index contributed by atoms with van der Waals surface area (Å²) in [5.74, 6) is -0.0826. The molecule has 0 spiro atoms. The molecule has 1 atom stereocenters. The van der Waals surface area contributed by atoms with Crippen molar-refractivity contribution in [1.29, 1.82) is 0 Å². The second-order valence-electron chi connectivity index (χ2n) is 4.31. The number of rotatable bonds is 6. The van der Waals surface area contributed by atoms with Crippen molar-refractivity contribution >= 4 is 21.8 Å². The van der Waals surface area contributed by atoms with Crippen LogP contribution in [0.1, 0.15) is 37.0 Å². The summed E-state index contributed by atoms with van der Waals surface area (Å²) in [6.45, 7) is 4.83. The highest BCUT2D eigenvalue weighted by Crippen LogP contribution is 2.19. The predicted molar refractivity (Wildman–Crippen MR) is 75.5 cm³/mol. The average molecular weight is 316 g/mol. The van der Waals surface area contributed by atoms with Gasteiger partial charge in [0.05, 0.1) is 0 Å². The number of carbonyl (C=O) groups is 1. The molecule has 0 aliphatic carbocycles. The predicted octanol–water partition coefficient (Wildman–Crippen LogP) is 3.76. The number of carbonyl (C=O) groups excluding carboxylic acids is 1. The zero-order chi connectivity index (χ0) is 13.5. The maximum atomic E-state index is 13.0. The van der Waals surface area contributed by atoms with Gasteiger partial charge in [-0.1, -0.05) is 48.7 Å². The first-order valence-corrected chi connectivity index (χ1v) is 7.17. The third-order valence-electron chi connectivity index (χ3n) is 3.10. The van der Waals surface area contributed by atoms with Gasteiger partial charge < -0.3 is 5.32 Å². The second-order valence-corrected chi connectivity index (χ2v) is 5.49. The summed E-state index contributed by atoms with van der Waals surface area (Å²) in [6, 6.07) is 5.72. The Morgan fingerprint density at radius 1 is 1.39 bits per heavy atom. The van der Waals surface area contributed by atoms with Gasteiger partial charge in [-0.2, -0.15) is 0 Å². The molecule has 0 fully saturated rings. The SMILES string of the molecule is CCC(CC)C(Br)CNC(=O)c1cccc(F)c1. The zero-order valence-corrected chi connectivity index (χ0v) is 12.3. The Hall–Kier alpha value is -0.900. The molecule has 1 rings (SSSR count). The van der Waals surface area contributed by atoms with Gasteiger partial charge in [-0.3, -0.25) is 4.79 Å². The fourth-order valence-corrected chi connectivity index (χ4v) is 2.80. The van der Waals surface area contributed by atoms with E-state index in [2.05, 4.69) is 35.1 Å². The molecule has 1 N–H and O–H groups in total. The average Bonchev–Trinajstić information content (AvgIpc) is 2.37. The normalized spacial score (nSPS) is 12.5. The number of hydrogen-bond donors (Lipinski definition) is 1. The van der Waals surface area contributed by atoms with Gasteiger partial charge in [0.15, 0.2) is 0 Å². The van der Waals surface area contributed by atoms with Crippen LogP contribution in [-0.2, 0) is 0 Å². The Balaban J connectivity index is 2.51. The summed E-state index contributed by atoms with van der Waals surface area (Å²) in [6.07, 6.45) is 2.14. The highest BCUT2D eigenvalue weighted by molar-refractivity contribution is 9.09. The van der Waals surface area contributed by atoms with E-state index in [1.165, 1.54) is 18.2 Å². The molecule has 0 radical (unpaired) electrons. The zero-order valence-electron chi connectivity index (χ0n) is 10.7. The van der Waals surface area contributed by atoms with Crippen LogP contribution < -0.4 is 5.32 Å². The molecule has 4 heteroatoms. The monoisotopic (exact) mass is 315 g/mol. The minimum atomic E-state index is -0.391. The molecule has 0 aliphatic rings. The van der Waals surface area contributed by atoms with Crippen LogP contribution in [0.5, 0.6) is 0 Å². The lowest BCUT2D eigenvalue weighted by Gasteiger charge is -2.19. The molecule has 0 aliphatic heterocycles. The topological polar surface area (TPSA) is 29.1 Å². The van der Waals surface area contributed by atoms with Crippen molar-refractivity contribution in [3.05, 3.63) is 35.6 Å². The van der Waals surface area contributed by atoms with Crippen LogP contribution in [0.2, 0.25) is 0 Å². The van der Waals surface area contributed by atoms with E-state index in [0.29, 0.717) is 18.0 Å². The van der Waals surface area contributed by atoms with Crippen molar-refractivity contribution in [3.8, 4) is 0 Å². The Morgan fingerprint density at radius 3 is 2.61 bits per heavy atom. The van der Waals surface area contributed by atoms with Gasteiger partial charge in [-0.25, -0.2) is 4.39 Å². The molecule has 1 aromatic carbocycles. The van der Waals surface area contributed by atoms with E-state index in [4.69, 9.17) is 0 Å². The fourth-order valence-electron chi connectivity index (χ4n) is 1.89. The van der Waals surface area contributed by atoms with E-state index in [1.54, 1.807) is 6.07 Å². The number of amides is 1. The highest BCUT2D eigenvalue weighted by atomic mass is 79.9. The van der Waals surface area contributed by atoms with E-state index in [1.807, 2.05) is 0 Å². The lowest BCUT2D eigenvalue weighted by molar-refractivity contribution is 0.0951. The van der Waals surface area contributed by atoms with Gasteiger partial charge >= 0.3 is 0 Å². The molecule has 1 aromatic rings. The van der Waals surface area contributed by atoms with Crippen LogP contribution in [0.4, 0.5) is 4.39 Å². The first kappa shape index (κ1) is 15.2. The third kappa shape index (κ3) is 4.41. The van der Waals surface area contributed by atoms with E-state index < -0.39 is 5.82 Å². The molecule has 0 aromatic heterocycles. The maximum Gasteiger partial charge on any atom is 0.251 e. The Morgan fingerprint density at radius 2 is 2.06 bits per heavy atom. The van der Waals surface area contributed by atoms with Gasteiger partial charge in [-0.15, -0.1) is 0 Å². The van der Waals surface area contributed by atoms with Gasteiger partial charge in [0.2, 0.25) is 0 Å². The Kier molecular flexibility index (Phi) is 6.33. The lowest BCUT2D eigenvalue weighted by atomic mass is 9.99. The lowest BCUT2D eigenvalue weighted by Crippen LogP contribution is -2.32. The van der Waals surface area contributed by atoms with Gasteiger partial charge in [-0.05, 0) is 24.1 Å². The number of nitrogens with one attached hydrogen (secondary N) is 1. The van der Waals surface area contributed by atoms with Gasteiger partial charge in [0, 0.05) is 16.9 Å². The van der Waals surface area contributed by atoms with E-state index in [9.17, 15) is 9.18 Å². The molecule has 1 unspecified atom stereocenters. The smallest absolute Gasteiger partial charge is 0.251 e. The molecule has 0 heterocycles. The Bertz CT molecular complexity index is 393. The molecule has 100 valence electrons. The summed E-state index contributed by atoms with van der Waals surface area (Å²) in [4.78, 5) is 12.1. The Labute approximate surface area is 116 Å². The minimum Gasteiger partial charge on any atom is -0.351 e. The van der Waals surface area contributed by atoms with Crippen molar-refractivity contribution in [2.24, 2.45) is 5.92 Å². The fraction of sp³-hybridized carbons (Fsp3) is 0.500. The first-order chi connectivity index (χ1) is 8.58. The molecule has 0 bridgehead atoms. The molecule has 0 saturated heterocycles. The van der Waals surface area contributed by atoms with Crippen molar-refractivity contribution < 1.29 is 9.18 Å². The van der Waals surface area contributed by atoms with Gasteiger partial charge in [0.25, 0.3) is 5.91 Å². The quantitative estimate of drug-likeness (QED) is 0.796. The number of alkyl halides is 1. The molecular formula is C14H19BrFNO. The highest BCUT2D eigenvalue weighted by Gasteiger charge is 2.16. The van der Waals surface area contributed by atoms with Crippen molar-refractivity contribution in [3.63, 3.8) is 0 Å². The van der Waals surface area contributed by atoms with E-state index in [-0.39, 0.29) is 10.7 Å². The van der Waals surface area contributed by atoms with Crippen LogP contribution in [0, 0.1) is 11.7 Å². The number of hydrogen-bond acceptors (Lipinski definition) is 1. The summed E-state index contributed by atoms with van der Waals surface area (Å²) in [5.41, 5.74) is 0.360. The van der Waals surface area contributed by atoms with Crippen LogP contribution in [0.15, 0.2) is 24.3 Å². The molecule has 0 saturated carbocycles. The van der Waals surface area contributed by atoms with Crippen molar-refractivity contribution in [1.82, 2.24) is 5.32 Å². The summed E-state index contributed by atoms with van der Waals surface area (Å²) >= 11 is 3.59. The van der Waals surface area contributed by atoms with Crippen LogP contribution >= 0.6 is 15.9 Å². The van der Waals surface area contributed by atoms with Crippen molar-refractivity contribution in [2.75, 3.05) is 6.54 Å². The molecule has 2 nitrogen and oxygen atoms in total. The van der Waals surface area contributed by atoms with Crippen LogP contribution in [0.25, 0.3) is 0 Å². The second kappa shape index (κ2) is 7.52. The van der Waals surface area contributed by atoms with Crippen LogP contribution in [0.3, 0.4) is 0 Å². The maximum absolute atomic E-state index is 13.0. The summed E-state index contributed by atoms with van der Waals surface area (Å²) in [7, 11) is 0. The molecule has 18 heavy (non-hydrogen) atoms. The largest absolute Gasteiger partial charge is 0.351 e. The summed E-state index contributed by atoms with van der Waals surface area (Å²) in [5, 5.41) is 2.82. The first-order valence-electron chi connectivity index (χ1n) is 6.26. The third-order valence-corrected chi connectivity index (χ3v) is 4.18. The standard InChI is InChI=1S/C14H19BrFNO/c1-3-10(4-2)13(15)9-17-14(18)11-6-5-7-12(16)8-11/h5-8,10,13H,3-4,9H2,1-2H3,(H,17,18). The van der Waals surface area contributed by atoms with E-state index >= 15 is 0 Å². The van der Waals surface area contributed by atoms with Gasteiger partial charge in [0.1, 0.15) is 5.82 Å². The summed E-state index contributed by atoms with van der Waals surface area (Å²) < 4.78 is 13.0. The van der Waals surface area contributed by atoms with Crippen LogP contribution in [-0.4, -0.2) is 17.3 Å². The van der Waals surface area contributed by atoms with E-state index in [0.717, 1.165) is 12.8 Å².